The van der Waals surface area contributed by atoms with E-state index in [9.17, 15) is 8.42 Å². The van der Waals surface area contributed by atoms with Crippen LogP contribution in [0.4, 0.5) is 0 Å². The molecule has 0 spiro atoms. The molecule has 74 valence electrons. The molecule has 13 heavy (non-hydrogen) atoms. The lowest BCUT2D eigenvalue weighted by atomic mass is 10.1. The Balaban J connectivity index is 3.11. The van der Waals surface area contributed by atoms with Gasteiger partial charge in [-0.25, -0.2) is 0 Å². The summed E-state index contributed by atoms with van der Waals surface area (Å²) in [4.78, 5) is -0.256. The second kappa shape index (κ2) is 3.49. The minimum Gasteiger partial charge on any atom is -0.496 e. The molecule has 0 aromatic rings. The molecule has 5 nitrogen and oxygen atoms in total. The summed E-state index contributed by atoms with van der Waals surface area (Å²) in [6.07, 6.45) is 3.31. The lowest BCUT2D eigenvalue weighted by molar-refractivity contribution is 0.298. The van der Waals surface area contributed by atoms with Crippen LogP contribution < -0.4 is 5.73 Å². The fourth-order valence-electron chi connectivity index (χ4n) is 1.09. The van der Waals surface area contributed by atoms with E-state index in [-0.39, 0.29) is 10.7 Å². The third-order valence-electron chi connectivity index (χ3n) is 1.68. The van der Waals surface area contributed by atoms with Crippen LogP contribution >= 0.6 is 0 Å². The maximum absolute atomic E-state index is 10.8. The summed E-state index contributed by atoms with van der Waals surface area (Å²) in [5.74, 6) is 0.143. The largest absolute Gasteiger partial charge is 0.496 e. The minimum absolute atomic E-state index is 0.143. The molecular weight excluding hydrogens is 194 g/mol. The Kier molecular flexibility index (Phi) is 2.74. The first kappa shape index (κ1) is 10.2. The lowest BCUT2D eigenvalue weighted by Crippen LogP contribution is -2.22. The van der Waals surface area contributed by atoms with Gasteiger partial charge in [0.05, 0.1) is 7.11 Å². The van der Waals surface area contributed by atoms with E-state index < -0.39 is 16.2 Å². The van der Waals surface area contributed by atoms with Crippen molar-refractivity contribution in [1.82, 2.24) is 0 Å². The van der Waals surface area contributed by atoms with Crippen LogP contribution in [0.1, 0.15) is 6.42 Å². The number of nitrogens with two attached hydrogens (primary N) is 1. The van der Waals surface area contributed by atoms with Crippen molar-refractivity contribution >= 4 is 10.1 Å². The summed E-state index contributed by atoms with van der Waals surface area (Å²) < 4.78 is 35.2. The monoisotopic (exact) mass is 205 g/mol. The van der Waals surface area contributed by atoms with E-state index in [0.717, 1.165) is 0 Å². The van der Waals surface area contributed by atoms with Gasteiger partial charge in [0.1, 0.15) is 10.7 Å². The van der Waals surface area contributed by atoms with Crippen LogP contribution in [0.3, 0.4) is 0 Å². The molecule has 0 aromatic carbocycles. The molecule has 0 aliphatic heterocycles. The summed E-state index contributed by atoms with van der Waals surface area (Å²) in [5, 5.41) is 0. The zero-order valence-electron chi connectivity index (χ0n) is 7.10. The highest BCUT2D eigenvalue weighted by molar-refractivity contribution is 7.90. The minimum atomic E-state index is -4.23. The molecule has 0 fully saturated rings. The Morgan fingerprint density at radius 1 is 1.69 bits per heavy atom. The maximum atomic E-state index is 10.8. The van der Waals surface area contributed by atoms with E-state index in [4.69, 9.17) is 15.0 Å². The van der Waals surface area contributed by atoms with Crippen molar-refractivity contribution in [3.05, 3.63) is 22.8 Å². The quantitative estimate of drug-likeness (QED) is 0.620. The Morgan fingerprint density at radius 2 is 2.31 bits per heavy atom. The molecular formula is C7H11NO4S. The molecule has 0 amide bonds. The smallest absolute Gasteiger partial charge is 0.297 e. The second-order valence-corrected chi connectivity index (χ2v) is 4.07. The highest BCUT2D eigenvalue weighted by atomic mass is 32.2. The van der Waals surface area contributed by atoms with E-state index in [1.807, 2.05) is 0 Å². The van der Waals surface area contributed by atoms with Crippen LogP contribution in [0.2, 0.25) is 0 Å². The van der Waals surface area contributed by atoms with Crippen LogP contribution in [0.15, 0.2) is 22.8 Å². The van der Waals surface area contributed by atoms with Gasteiger partial charge < -0.3 is 10.5 Å². The fourth-order valence-corrected chi connectivity index (χ4v) is 1.85. The fraction of sp³-hybridized carbons (Fsp3) is 0.429. The van der Waals surface area contributed by atoms with Gasteiger partial charge in [-0.05, 0) is 18.6 Å². The summed E-state index contributed by atoms with van der Waals surface area (Å²) in [5.41, 5.74) is 5.49. The highest BCUT2D eigenvalue weighted by Crippen LogP contribution is 2.22. The summed E-state index contributed by atoms with van der Waals surface area (Å²) in [6, 6.07) is -0.393. The van der Waals surface area contributed by atoms with Crippen molar-refractivity contribution in [2.45, 2.75) is 12.5 Å². The van der Waals surface area contributed by atoms with Crippen molar-refractivity contribution in [1.29, 1.82) is 0 Å². The third-order valence-corrected chi connectivity index (χ3v) is 2.57. The number of hydrogen-bond acceptors (Lipinski definition) is 4. The lowest BCUT2D eigenvalue weighted by Gasteiger charge is -2.15. The van der Waals surface area contributed by atoms with Gasteiger partial charge in [-0.2, -0.15) is 8.42 Å². The molecule has 1 aliphatic carbocycles. The Morgan fingerprint density at radius 3 is 2.77 bits per heavy atom. The van der Waals surface area contributed by atoms with Gasteiger partial charge in [-0.3, -0.25) is 4.55 Å². The first-order valence-corrected chi connectivity index (χ1v) is 5.08. The highest BCUT2D eigenvalue weighted by Gasteiger charge is 2.23. The number of ether oxygens (including phenoxy) is 1. The molecule has 0 radical (unpaired) electrons. The molecule has 3 N–H and O–H groups in total. The van der Waals surface area contributed by atoms with Crippen LogP contribution in [0.25, 0.3) is 0 Å². The average molecular weight is 205 g/mol. The van der Waals surface area contributed by atoms with Crippen molar-refractivity contribution in [2.75, 3.05) is 7.11 Å². The van der Waals surface area contributed by atoms with Gasteiger partial charge in [-0.1, -0.05) is 0 Å². The first-order valence-electron chi connectivity index (χ1n) is 3.64. The summed E-state index contributed by atoms with van der Waals surface area (Å²) >= 11 is 0. The van der Waals surface area contributed by atoms with Crippen molar-refractivity contribution in [2.24, 2.45) is 5.73 Å². The summed E-state index contributed by atoms with van der Waals surface area (Å²) in [6.45, 7) is 0. The van der Waals surface area contributed by atoms with Crippen molar-refractivity contribution in [3.63, 3.8) is 0 Å². The van der Waals surface area contributed by atoms with E-state index in [0.29, 0.717) is 6.42 Å². The van der Waals surface area contributed by atoms with Gasteiger partial charge in [0, 0.05) is 6.04 Å². The molecule has 0 aromatic heterocycles. The van der Waals surface area contributed by atoms with Gasteiger partial charge in [0.25, 0.3) is 10.1 Å². The molecule has 1 atom stereocenters. The molecule has 6 heteroatoms. The number of methoxy groups -OCH3 is 1. The van der Waals surface area contributed by atoms with Gasteiger partial charge in [0.15, 0.2) is 0 Å². The molecule has 0 unspecified atom stereocenters. The normalized spacial score (nSPS) is 23.5. The molecule has 1 aliphatic rings. The molecule has 0 saturated carbocycles. The molecule has 0 heterocycles. The first-order chi connectivity index (χ1) is 5.95. The van der Waals surface area contributed by atoms with E-state index in [1.165, 1.54) is 19.3 Å². The van der Waals surface area contributed by atoms with Crippen LogP contribution in [0.5, 0.6) is 0 Å². The predicted octanol–water partition coefficient (Wildman–Crippen LogP) is 0.0194. The van der Waals surface area contributed by atoms with Crippen LogP contribution in [0, 0.1) is 0 Å². The van der Waals surface area contributed by atoms with Crippen molar-refractivity contribution in [3.8, 4) is 0 Å². The average Bonchev–Trinajstić information content (AvgIpc) is 2.03. The molecule has 1 rings (SSSR count). The Labute approximate surface area is 76.6 Å². The van der Waals surface area contributed by atoms with E-state index >= 15 is 0 Å². The van der Waals surface area contributed by atoms with Crippen LogP contribution in [-0.4, -0.2) is 26.1 Å². The number of hydrogen-bond donors (Lipinski definition) is 2. The zero-order valence-corrected chi connectivity index (χ0v) is 7.91. The SMILES string of the molecule is COC1=CC[C@H](N)C=C1S(=O)(=O)O. The van der Waals surface area contributed by atoms with Crippen molar-refractivity contribution < 1.29 is 17.7 Å². The topological polar surface area (TPSA) is 89.6 Å². The summed E-state index contributed by atoms with van der Waals surface area (Å²) in [7, 11) is -2.90. The number of rotatable bonds is 2. The second-order valence-electron chi connectivity index (χ2n) is 2.68. The predicted molar refractivity (Wildman–Crippen MR) is 47.3 cm³/mol. The Hall–Kier alpha value is -0.850. The van der Waals surface area contributed by atoms with E-state index in [2.05, 4.69) is 0 Å². The van der Waals surface area contributed by atoms with Crippen LogP contribution in [-0.2, 0) is 14.9 Å². The standard InChI is InChI=1S/C7H11NO4S/c1-12-6-3-2-5(8)4-7(6)13(9,10)11/h3-5H,2,8H2,1H3,(H,9,10,11)/t5-/m0/s1. The van der Waals surface area contributed by atoms with Gasteiger partial charge in [0.2, 0.25) is 0 Å². The molecule has 0 bridgehead atoms. The van der Waals surface area contributed by atoms with Gasteiger partial charge in [-0.15, -0.1) is 0 Å². The molecule has 0 saturated heterocycles. The maximum Gasteiger partial charge on any atom is 0.297 e. The van der Waals surface area contributed by atoms with Gasteiger partial charge >= 0.3 is 0 Å². The van der Waals surface area contributed by atoms with E-state index in [1.54, 1.807) is 0 Å². The Bertz CT molecular complexity index is 355. The zero-order chi connectivity index (χ0) is 10.1. The third kappa shape index (κ3) is 2.30.